The molecule has 86 valence electrons. The van der Waals surface area contributed by atoms with Crippen molar-refractivity contribution in [3.63, 3.8) is 0 Å². The lowest BCUT2D eigenvalue weighted by Crippen LogP contribution is -2.16. The van der Waals surface area contributed by atoms with Crippen LogP contribution in [0.2, 0.25) is 0 Å². The molecule has 0 atom stereocenters. The first kappa shape index (κ1) is 11.8. The zero-order valence-electron chi connectivity index (χ0n) is 9.11. The molecule has 0 aromatic carbocycles. The molecule has 0 aliphatic rings. The minimum Gasteiger partial charge on any atom is -0.329 e. The highest BCUT2D eigenvalue weighted by molar-refractivity contribution is 9.10. The topological polar surface area (TPSA) is 29.9 Å². The van der Waals surface area contributed by atoms with Gasteiger partial charge in [0.2, 0.25) is 0 Å². The molecule has 3 nitrogen and oxygen atoms in total. The van der Waals surface area contributed by atoms with E-state index in [0.29, 0.717) is 0 Å². The van der Waals surface area contributed by atoms with Gasteiger partial charge in [0, 0.05) is 27.1 Å². The quantitative estimate of drug-likeness (QED) is 0.920. The number of halogens is 1. The van der Waals surface area contributed by atoms with Crippen LogP contribution in [-0.4, -0.2) is 16.1 Å². The summed E-state index contributed by atoms with van der Waals surface area (Å²) in [6.45, 7) is 4.80. The maximum Gasteiger partial charge on any atom is 0.122 e. The molecule has 1 N–H and O–H groups in total. The lowest BCUT2D eigenvalue weighted by molar-refractivity contribution is 0.642. The van der Waals surface area contributed by atoms with Gasteiger partial charge >= 0.3 is 0 Å². The van der Waals surface area contributed by atoms with E-state index in [0.717, 1.165) is 29.9 Å². The molecular formula is C11H14BrN3S. The summed E-state index contributed by atoms with van der Waals surface area (Å²) in [5.74, 6) is 1.09. The van der Waals surface area contributed by atoms with Gasteiger partial charge in [-0.05, 0) is 28.5 Å². The normalized spacial score (nSPS) is 10.9. The SMILES string of the molecule is CCNCc1nccn1Cc1cc(Br)cs1. The number of nitrogens with zero attached hydrogens (tertiary/aromatic N) is 2. The first-order valence-electron chi connectivity index (χ1n) is 5.23. The Hall–Kier alpha value is -0.650. The summed E-state index contributed by atoms with van der Waals surface area (Å²) in [7, 11) is 0. The Balaban J connectivity index is 2.06. The number of imidazole rings is 1. The van der Waals surface area contributed by atoms with Gasteiger partial charge in [-0.3, -0.25) is 0 Å². The molecule has 0 aliphatic heterocycles. The zero-order chi connectivity index (χ0) is 11.4. The Bertz CT molecular complexity index is 450. The van der Waals surface area contributed by atoms with E-state index in [4.69, 9.17) is 0 Å². The summed E-state index contributed by atoms with van der Waals surface area (Å²) >= 11 is 5.23. The van der Waals surface area contributed by atoms with Crippen LogP contribution in [0.15, 0.2) is 28.3 Å². The van der Waals surface area contributed by atoms with E-state index < -0.39 is 0 Å². The van der Waals surface area contributed by atoms with Crippen LogP contribution in [0.4, 0.5) is 0 Å². The number of thiophene rings is 1. The lowest BCUT2D eigenvalue weighted by Gasteiger charge is -2.06. The smallest absolute Gasteiger partial charge is 0.122 e. The highest BCUT2D eigenvalue weighted by atomic mass is 79.9. The minimum atomic E-state index is 0.829. The molecule has 2 heterocycles. The third-order valence-corrected chi connectivity index (χ3v) is 3.97. The Morgan fingerprint density at radius 2 is 2.44 bits per heavy atom. The molecule has 0 spiro atoms. The highest BCUT2D eigenvalue weighted by Gasteiger charge is 2.04. The minimum absolute atomic E-state index is 0.829. The van der Waals surface area contributed by atoms with Gasteiger partial charge in [0.25, 0.3) is 0 Å². The molecule has 0 unspecified atom stereocenters. The number of hydrogen-bond donors (Lipinski definition) is 1. The maximum atomic E-state index is 4.35. The van der Waals surface area contributed by atoms with Crippen LogP contribution < -0.4 is 5.32 Å². The number of nitrogens with one attached hydrogen (secondary N) is 1. The van der Waals surface area contributed by atoms with E-state index >= 15 is 0 Å². The number of hydrogen-bond acceptors (Lipinski definition) is 3. The molecule has 2 rings (SSSR count). The molecule has 0 amide bonds. The second kappa shape index (κ2) is 5.61. The van der Waals surface area contributed by atoms with Gasteiger partial charge in [-0.2, -0.15) is 0 Å². The fourth-order valence-electron chi connectivity index (χ4n) is 1.49. The Morgan fingerprint density at radius 1 is 1.56 bits per heavy atom. The molecular weight excluding hydrogens is 286 g/mol. The second-order valence-corrected chi connectivity index (χ2v) is 5.39. The van der Waals surface area contributed by atoms with Crippen LogP contribution in [0.25, 0.3) is 0 Å². The van der Waals surface area contributed by atoms with Crippen LogP contribution in [0, 0.1) is 0 Å². The summed E-state index contributed by atoms with van der Waals surface area (Å²) in [6, 6.07) is 2.15. The first-order chi connectivity index (χ1) is 7.79. The van der Waals surface area contributed by atoms with E-state index in [1.807, 2.05) is 12.4 Å². The fraction of sp³-hybridized carbons (Fsp3) is 0.364. The van der Waals surface area contributed by atoms with Gasteiger partial charge in [0.05, 0.1) is 13.1 Å². The van der Waals surface area contributed by atoms with Crippen LogP contribution in [0.5, 0.6) is 0 Å². The van der Waals surface area contributed by atoms with Crippen LogP contribution in [-0.2, 0) is 13.1 Å². The lowest BCUT2D eigenvalue weighted by atomic mass is 10.4. The van der Waals surface area contributed by atoms with E-state index in [1.54, 1.807) is 11.3 Å². The third kappa shape index (κ3) is 2.93. The number of rotatable bonds is 5. The molecule has 0 aliphatic carbocycles. The summed E-state index contributed by atoms with van der Waals surface area (Å²) in [6.07, 6.45) is 3.88. The van der Waals surface area contributed by atoms with Crippen molar-refractivity contribution in [2.45, 2.75) is 20.0 Å². The van der Waals surface area contributed by atoms with Crippen molar-refractivity contribution in [1.29, 1.82) is 0 Å². The maximum absolute atomic E-state index is 4.35. The summed E-state index contributed by atoms with van der Waals surface area (Å²) in [5.41, 5.74) is 0. The molecule has 2 aromatic heterocycles. The molecule has 0 fully saturated rings. The van der Waals surface area contributed by atoms with Gasteiger partial charge in [0.15, 0.2) is 0 Å². The van der Waals surface area contributed by atoms with Crippen molar-refractivity contribution in [2.75, 3.05) is 6.54 Å². The van der Waals surface area contributed by atoms with Crippen molar-refractivity contribution in [1.82, 2.24) is 14.9 Å². The van der Waals surface area contributed by atoms with Crippen molar-refractivity contribution < 1.29 is 0 Å². The molecule has 5 heteroatoms. The molecule has 2 aromatic rings. The fourth-order valence-corrected chi connectivity index (χ4v) is 2.94. The second-order valence-electron chi connectivity index (χ2n) is 3.48. The van der Waals surface area contributed by atoms with E-state index in [2.05, 4.69) is 49.2 Å². The highest BCUT2D eigenvalue weighted by Crippen LogP contribution is 2.20. The zero-order valence-corrected chi connectivity index (χ0v) is 11.5. The molecule has 0 saturated heterocycles. The van der Waals surface area contributed by atoms with Crippen molar-refractivity contribution in [3.8, 4) is 0 Å². The Kier molecular flexibility index (Phi) is 4.15. The predicted molar refractivity (Wildman–Crippen MR) is 70.7 cm³/mol. The average Bonchev–Trinajstić information content (AvgIpc) is 2.86. The van der Waals surface area contributed by atoms with Gasteiger partial charge < -0.3 is 9.88 Å². The molecule has 0 saturated carbocycles. The van der Waals surface area contributed by atoms with Crippen molar-refractivity contribution in [2.24, 2.45) is 0 Å². The van der Waals surface area contributed by atoms with E-state index in [1.165, 1.54) is 4.88 Å². The number of aromatic nitrogens is 2. The third-order valence-electron chi connectivity index (χ3n) is 2.28. The van der Waals surface area contributed by atoms with Gasteiger partial charge in [0.1, 0.15) is 5.82 Å². The molecule has 0 radical (unpaired) electrons. The summed E-state index contributed by atoms with van der Waals surface area (Å²) in [5, 5.41) is 5.40. The summed E-state index contributed by atoms with van der Waals surface area (Å²) < 4.78 is 3.34. The van der Waals surface area contributed by atoms with E-state index in [-0.39, 0.29) is 0 Å². The Labute approximate surface area is 108 Å². The largest absolute Gasteiger partial charge is 0.329 e. The first-order valence-corrected chi connectivity index (χ1v) is 6.90. The van der Waals surface area contributed by atoms with Crippen molar-refractivity contribution in [3.05, 3.63) is 39.0 Å². The van der Waals surface area contributed by atoms with Crippen molar-refractivity contribution >= 4 is 27.3 Å². The van der Waals surface area contributed by atoms with Gasteiger partial charge in [-0.1, -0.05) is 6.92 Å². The van der Waals surface area contributed by atoms with Crippen LogP contribution in [0.1, 0.15) is 17.6 Å². The molecule has 0 bridgehead atoms. The van der Waals surface area contributed by atoms with Gasteiger partial charge in [-0.25, -0.2) is 4.98 Å². The molecule has 16 heavy (non-hydrogen) atoms. The monoisotopic (exact) mass is 299 g/mol. The van der Waals surface area contributed by atoms with Gasteiger partial charge in [-0.15, -0.1) is 11.3 Å². The predicted octanol–water partition coefficient (Wildman–Crippen LogP) is 2.86. The van der Waals surface area contributed by atoms with Crippen LogP contribution >= 0.6 is 27.3 Å². The Morgan fingerprint density at radius 3 is 3.12 bits per heavy atom. The van der Waals surface area contributed by atoms with E-state index in [9.17, 15) is 0 Å². The summed E-state index contributed by atoms with van der Waals surface area (Å²) in [4.78, 5) is 5.69. The standard InChI is InChI=1S/C11H14BrN3S/c1-2-13-6-11-14-3-4-15(11)7-10-5-9(12)8-16-10/h3-5,8,13H,2,6-7H2,1H3. The van der Waals surface area contributed by atoms with Crippen LogP contribution in [0.3, 0.4) is 0 Å². The average molecular weight is 300 g/mol.